The summed E-state index contributed by atoms with van der Waals surface area (Å²) in [5.74, 6) is 7.78. The molecule has 49 heavy (non-hydrogen) atoms. The predicted octanol–water partition coefficient (Wildman–Crippen LogP) is 11.1. The molecule has 0 amide bonds. The zero-order valence-corrected chi connectivity index (χ0v) is 32.6. The van der Waals surface area contributed by atoms with Gasteiger partial charge in [0.25, 0.3) is 0 Å². The number of benzene rings is 4. The first-order chi connectivity index (χ1) is 23.3. The van der Waals surface area contributed by atoms with Gasteiger partial charge in [0.15, 0.2) is 0 Å². The molecule has 0 aliphatic heterocycles. The van der Waals surface area contributed by atoms with E-state index in [1.807, 2.05) is 30.5 Å². The van der Waals surface area contributed by atoms with Crippen LogP contribution in [0.2, 0.25) is 17.3 Å². The van der Waals surface area contributed by atoms with Gasteiger partial charge in [-0.25, -0.2) is 4.39 Å². The second-order valence-corrected chi connectivity index (χ2v) is 24.3. The summed E-state index contributed by atoms with van der Waals surface area (Å²) in [6, 6.07) is 40.3. The molecule has 3 heterocycles. The fraction of sp³-hybridized carbons (Fsp3) is 0.209. The Morgan fingerprint density at radius 1 is 0.796 bits per heavy atom. The van der Waals surface area contributed by atoms with Gasteiger partial charge in [0, 0.05) is 31.7 Å². The average molecular weight is 884 g/mol. The maximum atomic E-state index is 14.3. The van der Waals surface area contributed by atoms with Gasteiger partial charge in [-0.15, -0.1) is 23.8 Å². The molecule has 3 aromatic heterocycles. The van der Waals surface area contributed by atoms with Crippen molar-refractivity contribution in [3.63, 3.8) is 0 Å². The Labute approximate surface area is 304 Å². The fourth-order valence-corrected chi connectivity index (χ4v) is 9.88. The molecule has 6 heteroatoms. The minimum absolute atomic E-state index is 0. The van der Waals surface area contributed by atoms with Crippen LogP contribution in [0.15, 0.2) is 120 Å². The van der Waals surface area contributed by atoms with Gasteiger partial charge in [-0.05, 0) is 36.2 Å². The van der Waals surface area contributed by atoms with Crippen LogP contribution in [0.25, 0.3) is 55.6 Å². The largest absolute Gasteiger partial charge is 0 e. The van der Waals surface area contributed by atoms with E-state index < -0.39 is 13.3 Å². The third kappa shape index (κ3) is 7.96. The second-order valence-electron chi connectivity index (χ2n) is 13.8. The molecule has 0 saturated heterocycles. The van der Waals surface area contributed by atoms with Gasteiger partial charge in [0.2, 0.25) is 0 Å². The van der Waals surface area contributed by atoms with Crippen LogP contribution in [-0.4, -0.2) is 23.2 Å². The van der Waals surface area contributed by atoms with E-state index in [0.29, 0.717) is 16.6 Å². The van der Waals surface area contributed by atoms with E-state index in [2.05, 4.69) is 95.2 Å². The second kappa shape index (κ2) is 15.3. The molecular formula is C43H39FGeIrN2O-2. The van der Waals surface area contributed by atoms with E-state index in [9.17, 15) is 4.39 Å². The summed E-state index contributed by atoms with van der Waals surface area (Å²) in [4.78, 5) is 9.24. The van der Waals surface area contributed by atoms with Crippen LogP contribution in [0.3, 0.4) is 0 Å². The van der Waals surface area contributed by atoms with Crippen LogP contribution < -0.4 is 4.40 Å². The fourth-order valence-electron chi connectivity index (χ4n) is 6.78. The molecule has 1 radical (unpaired) electrons. The maximum Gasteiger partial charge on any atom is 0 e. The predicted molar refractivity (Wildman–Crippen MR) is 198 cm³/mol. The Balaban J connectivity index is 0.000000169. The monoisotopic (exact) mass is 885 g/mol. The first kappa shape index (κ1) is 34.9. The summed E-state index contributed by atoms with van der Waals surface area (Å²) < 4.78 is 21.5. The molecular weight excluding hydrogens is 844 g/mol. The molecule has 1 aliphatic rings. The van der Waals surface area contributed by atoms with Gasteiger partial charge in [-0.3, -0.25) is 0 Å². The molecule has 0 unspecified atom stereocenters. The van der Waals surface area contributed by atoms with Crippen LogP contribution in [0.1, 0.15) is 31.2 Å². The number of rotatable bonds is 6. The Hall–Kier alpha value is -3.90. The third-order valence-electron chi connectivity index (χ3n) is 9.26. The van der Waals surface area contributed by atoms with Crippen LogP contribution in [0, 0.1) is 23.9 Å². The molecule has 1 saturated carbocycles. The molecule has 249 valence electrons. The van der Waals surface area contributed by atoms with Crippen molar-refractivity contribution in [2.75, 3.05) is 0 Å². The van der Waals surface area contributed by atoms with Crippen molar-refractivity contribution in [3.05, 3.63) is 139 Å². The molecule has 1 fully saturated rings. The van der Waals surface area contributed by atoms with Gasteiger partial charge in [-0.1, -0.05) is 48.8 Å². The summed E-state index contributed by atoms with van der Waals surface area (Å²) in [6.45, 7) is 0. The topological polar surface area (TPSA) is 38.9 Å². The van der Waals surface area contributed by atoms with E-state index in [1.165, 1.54) is 52.8 Å². The van der Waals surface area contributed by atoms with Crippen LogP contribution in [0.4, 0.5) is 4.39 Å². The van der Waals surface area contributed by atoms with Crippen molar-refractivity contribution < 1.29 is 28.9 Å². The standard InChI is InChI=1S/C23H19FNO.C20H20GeN.Ir/c24-19-6-3-7-22-23(19)18-14-17(8-9-21(18)26-22)20-13-16(10-11-25-20)12-15-4-1-2-5-15;1-21(2,3)19-15-22-20(17-12-8-5-9-13-17)14-18(19)16-10-6-4-7-11-16;/h3,6-7,9-11,13-15H,1-2,4-5,12H2;4-12,14-15H,1-3H3;/q2*-1;. The van der Waals surface area contributed by atoms with Crippen molar-refractivity contribution >= 4 is 39.6 Å². The van der Waals surface area contributed by atoms with E-state index in [0.717, 1.165) is 40.2 Å². The number of pyridine rings is 2. The normalized spacial score (nSPS) is 13.2. The third-order valence-corrected chi connectivity index (χ3v) is 13.5. The van der Waals surface area contributed by atoms with E-state index >= 15 is 0 Å². The van der Waals surface area contributed by atoms with Gasteiger partial charge in [0.1, 0.15) is 11.4 Å². The number of halogens is 1. The average Bonchev–Trinajstić information content (AvgIpc) is 3.77. The SMILES string of the molecule is Fc1cccc2oc3c[c-]c(-c4cc(CC5CCCC5)ccn4)cc3c12.[CH3][Ge]([CH3])([CH3])[c]1cnc(-c2[c-]cccc2)cc1-c1ccccc1.[Ir]. The Morgan fingerprint density at radius 3 is 2.33 bits per heavy atom. The van der Waals surface area contributed by atoms with Crippen molar-refractivity contribution in [2.24, 2.45) is 5.92 Å². The Kier molecular flexibility index (Phi) is 10.9. The van der Waals surface area contributed by atoms with E-state index in [-0.39, 0.29) is 25.9 Å². The molecule has 0 N–H and O–H groups in total. The van der Waals surface area contributed by atoms with Gasteiger partial charge in [-0.2, -0.15) is 0 Å². The molecule has 0 atom stereocenters. The van der Waals surface area contributed by atoms with E-state index in [4.69, 9.17) is 9.40 Å². The summed E-state index contributed by atoms with van der Waals surface area (Å²) >= 11 is -1.99. The summed E-state index contributed by atoms with van der Waals surface area (Å²) in [7, 11) is 0. The molecule has 0 bridgehead atoms. The summed E-state index contributed by atoms with van der Waals surface area (Å²) in [5, 5.41) is 1.30. The smallest absolute Gasteiger partial charge is 0 e. The number of aromatic nitrogens is 2. The minimum atomic E-state index is -1.99. The summed E-state index contributed by atoms with van der Waals surface area (Å²) in [5.41, 5.74) is 8.93. The van der Waals surface area contributed by atoms with Gasteiger partial charge in [0.05, 0.1) is 5.58 Å². The van der Waals surface area contributed by atoms with Crippen LogP contribution in [-0.2, 0) is 26.5 Å². The maximum absolute atomic E-state index is 14.3. The number of fused-ring (bicyclic) bond motifs is 3. The van der Waals surface area contributed by atoms with E-state index in [1.54, 1.807) is 18.2 Å². The number of furan rings is 1. The van der Waals surface area contributed by atoms with Crippen molar-refractivity contribution in [1.29, 1.82) is 0 Å². The summed E-state index contributed by atoms with van der Waals surface area (Å²) in [6.07, 6.45) is 10.4. The number of hydrogen-bond acceptors (Lipinski definition) is 3. The number of hydrogen-bond donors (Lipinski definition) is 0. The van der Waals surface area contributed by atoms with Crippen molar-refractivity contribution in [2.45, 2.75) is 49.4 Å². The van der Waals surface area contributed by atoms with Gasteiger partial charge < -0.3 is 9.40 Å². The first-order valence-corrected chi connectivity index (χ1v) is 24.2. The quantitative estimate of drug-likeness (QED) is 0.123. The van der Waals surface area contributed by atoms with Crippen molar-refractivity contribution in [3.8, 4) is 33.6 Å². The molecule has 1 aliphatic carbocycles. The Morgan fingerprint density at radius 2 is 1.57 bits per heavy atom. The van der Waals surface area contributed by atoms with Crippen LogP contribution >= 0.6 is 0 Å². The van der Waals surface area contributed by atoms with Crippen molar-refractivity contribution in [1.82, 2.24) is 9.97 Å². The zero-order valence-electron chi connectivity index (χ0n) is 28.1. The van der Waals surface area contributed by atoms with Crippen LogP contribution in [0.5, 0.6) is 0 Å². The molecule has 8 rings (SSSR count). The number of nitrogens with zero attached hydrogens (tertiary/aromatic N) is 2. The van der Waals surface area contributed by atoms with Gasteiger partial charge >= 0.3 is 135 Å². The zero-order chi connectivity index (χ0) is 33.1. The molecule has 3 nitrogen and oxygen atoms in total. The minimum Gasteiger partial charge on any atom is 0 e. The molecule has 4 aromatic carbocycles. The molecule has 0 spiro atoms. The Bertz CT molecular complexity index is 2170. The molecule has 7 aromatic rings. The first-order valence-electron chi connectivity index (χ1n) is 16.8.